The molecular weight excluding hydrogens is 242 g/mol. The summed E-state index contributed by atoms with van der Waals surface area (Å²) in [6.45, 7) is 3.27. The van der Waals surface area contributed by atoms with Crippen molar-refractivity contribution in [3.63, 3.8) is 0 Å². The standard InChI is InChI=1S/C15H21NO3/c1-12(18-2)15(17)16-10-8-14(9-11-16)19-13-6-4-3-5-7-13/h3-7,12,14H,8-11H2,1-2H3. The summed E-state index contributed by atoms with van der Waals surface area (Å²) in [6.07, 6.45) is 1.59. The quantitative estimate of drug-likeness (QED) is 0.835. The first kappa shape index (κ1) is 13.9. The van der Waals surface area contributed by atoms with Crippen LogP contribution in [0.1, 0.15) is 19.8 Å². The second-order valence-electron chi connectivity index (χ2n) is 4.83. The number of hydrogen-bond acceptors (Lipinski definition) is 3. The number of likely N-dealkylation sites (tertiary alicyclic amines) is 1. The number of piperidine rings is 1. The molecule has 0 aromatic heterocycles. The largest absolute Gasteiger partial charge is 0.490 e. The Balaban J connectivity index is 1.81. The van der Waals surface area contributed by atoms with E-state index in [0.29, 0.717) is 0 Å². The second-order valence-corrected chi connectivity index (χ2v) is 4.83. The highest BCUT2D eigenvalue weighted by atomic mass is 16.5. The third-order valence-electron chi connectivity index (χ3n) is 3.50. The fraction of sp³-hybridized carbons (Fsp3) is 0.533. The van der Waals surface area contributed by atoms with Gasteiger partial charge in [-0.05, 0) is 19.1 Å². The molecule has 0 saturated carbocycles. The number of amides is 1. The number of rotatable bonds is 4. The molecule has 0 N–H and O–H groups in total. The maximum atomic E-state index is 12.0. The zero-order valence-corrected chi connectivity index (χ0v) is 11.5. The fourth-order valence-corrected chi connectivity index (χ4v) is 2.24. The molecule has 19 heavy (non-hydrogen) atoms. The third kappa shape index (κ3) is 3.70. The Morgan fingerprint density at radius 3 is 2.47 bits per heavy atom. The highest BCUT2D eigenvalue weighted by Crippen LogP contribution is 2.19. The Hall–Kier alpha value is -1.55. The summed E-state index contributed by atoms with van der Waals surface area (Å²) in [5, 5.41) is 0. The lowest BCUT2D eigenvalue weighted by Gasteiger charge is -2.33. The lowest BCUT2D eigenvalue weighted by atomic mass is 10.1. The summed E-state index contributed by atoms with van der Waals surface area (Å²) in [5.74, 6) is 0.971. The Labute approximate surface area is 114 Å². The highest BCUT2D eigenvalue weighted by Gasteiger charge is 2.26. The Morgan fingerprint density at radius 1 is 1.26 bits per heavy atom. The van der Waals surface area contributed by atoms with Crippen LogP contribution in [0.3, 0.4) is 0 Å². The first-order valence-electron chi connectivity index (χ1n) is 6.74. The number of carbonyl (C=O) groups is 1. The molecule has 0 radical (unpaired) electrons. The average Bonchev–Trinajstić information content (AvgIpc) is 2.47. The van der Waals surface area contributed by atoms with E-state index in [1.165, 1.54) is 0 Å². The van der Waals surface area contributed by atoms with Crippen molar-refractivity contribution in [2.45, 2.75) is 32.0 Å². The van der Waals surface area contributed by atoms with Crippen LogP contribution in [0.25, 0.3) is 0 Å². The molecule has 0 bridgehead atoms. The van der Waals surface area contributed by atoms with Crippen molar-refractivity contribution in [1.29, 1.82) is 0 Å². The van der Waals surface area contributed by atoms with E-state index in [1.54, 1.807) is 14.0 Å². The van der Waals surface area contributed by atoms with Crippen molar-refractivity contribution < 1.29 is 14.3 Å². The number of hydrogen-bond donors (Lipinski definition) is 0. The molecule has 1 fully saturated rings. The molecule has 4 nitrogen and oxygen atoms in total. The first-order chi connectivity index (χ1) is 9.20. The van der Waals surface area contributed by atoms with Gasteiger partial charge in [-0.2, -0.15) is 0 Å². The Kier molecular flexibility index (Phi) is 4.80. The molecule has 1 aromatic rings. The van der Waals surface area contributed by atoms with Crippen LogP contribution in [0.2, 0.25) is 0 Å². The van der Waals surface area contributed by atoms with Gasteiger partial charge >= 0.3 is 0 Å². The predicted molar refractivity (Wildman–Crippen MR) is 73.1 cm³/mol. The minimum Gasteiger partial charge on any atom is -0.490 e. The summed E-state index contributed by atoms with van der Waals surface area (Å²) >= 11 is 0. The van der Waals surface area contributed by atoms with Gasteiger partial charge in [0.25, 0.3) is 5.91 Å². The summed E-state index contributed by atoms with van der Waals surface area (Å²) < 4.78 is 11.0. The summed E-state index contributed by atoms with van der Waals surface area (Å²) in [6, 6.07) is 9.83. The molecule has 2 rings (SSSR count). The lowest BCUT2D eigenvalue weighted by Crippen LogP contribution is -2.45. The molecule has 1 amide bonds. The molecule has 1 heterocycles. The van der Waals surface area contributed by atoms with E-state index >= 15 is 0 Å². The topological polar surface area (TPSA) is 38.8 Å². The minimum absolute atomic E-state index is 0.0701. The number of para-hydroxylation sites is 1. The van der Waals surface area contributed by atoms with Gasteiger partial charge in [0.2, 0.25) is 0 Å². The zero-order chi connectivity index (χ0) is 13.7. The van der Waals surface area contributed by atoms with Gasteiger partial charge in [0.15, 0.2) is 0 Å². The molecule has 1 aliphatic rings. The molecule has 0 spiro atoms. The van der Waals surface area contributed by atoms with E-state index in [9.17, 15) is 4.79 Å². The Bertz CT molecular complexity index is 399. The van der Waals surface area contributed by atoms with Gasteiger partial charge in [0.1, 0.15) is 18.0 Å². The number of nitrogens with zero attached hydrogens (tertiary/aromatic N) is 1. The van der Waals surface area contributed by atoms with Crippen LogP contribution in [0.15, 0.2) is 30.3 Å². The van der Waals surface area contributed by atoms with Crippen LogP contribution >= 0.6 is 0 Å². The van der Waals surface area contributed by atoms with E-state index in [2.05, 4.69) is 0 Å². The van der Waals surface area contributed by atoms with Crippen molar-refractivity contribution in [2.24, 2.45) is 0 Å². The average molecular weight is 263 g/mol. The van der Waals surface area contributed by atoms with E-state index in [4.69, 9.17) is 9.47 Å². The second kappa shape index (κ2) is 6.57. The molecule has 0 aliphatic carbocycles. The van der Waals surface area contributed by atoms with E-state index in [-0.39, 0.29) is 18.1 Å². The normalized spacial score (nSPS) is 18.1. The molecule has 1 aromatic carbocycles. The molecule has 1 unspecified atom stereocenters. The van der Waals surface area contributed by atoms with Crippen LogP contribution < -0.4 is 4.74 Å². The van der Waals surface area contributed by atoms with Crippen LogP contribution in [-0.2, 0) is 9.53 Å². The van der Waals surface area contributed by atoms with Gasteiger partial charge in [-0.3, -0.25) is 4.79 Å². The lowest BCUT2D eigenvalue weighted by molar-refractivity contribution is -0.142. The van der Waals surface area contributed by atoms with E-state index in [1.807, 2.05) is 35.2 Å². The Morgan fingerprint density at radius 2 is 1.89 bits per heavy atom. The number of ether oxygens (including phenoxy) is 2. The van der Waals surface area contributed by atoms with E-state index < -0.39 is 0 Å². The maximum absolute atomic E-state index is 12.0. The summed E-state index contributed by atoms with van der Waals surface area (Å²) in [4.78, 5) is 13.8. The zero-order valence-electron chi connectivity index (χ0n) is 11.5. The van der Waals surface area contributed by atoms with Crippen molar-refractivity contribution in [1.82, 2.24) is 4.90 Å². The smallest absolute Gasteiger partial charge is 0.251 e. The van der Waals surface area contributed by atoms with Gasteiger partial charge in [-0.15, -0.1) is 0 Å². The van der Waals surface area contributed by atoms with E-state index in [0.717, 1.165) is 31.7 Å². The highest BCUT2D eigenvalue weighted by molar-refractivity contribution is 5.80. The molecule has 4 heteroatoms. The van der Waals surface area contributed by atoms with Crippen molar-refractivity contribution >= 4 is 5.91 Å². The molecular formula is C15H21NO3. The maximum Gasteiger partial charge on any atom is 0.251 e. The SMILES string of the molecule is COC(C)C(=O)N1CCC(Oc2ccccc2)CC1. The summed E-state index contributed by atoms with van der Waals surface area (Å²) in [5.41, 5.74) is 0. The number of methoxy groups -OCH3 is 1. The first-order valence-corrected chi connectivity index (χ1v) is 6.74. The third-order valence-corrected chi connectivity index (χ3v) is 3.50. The van der Waals surface area contributed by atoms with Crippen LogP contribution in [0, 0.1) is 0 Å². The monoisotopic (exact) mass is 263 g/mol. The predicted octanol–water partition coefficient (Wildman–Crippen LogP) is 2.09. The number of carbonyl (C=O) groups excluding carboxylic acids is 1. The molecule has 1 saturated heterocycles. The van der Waals surface area contributed by atoms with Gasteiger partial charge in [-0.25, -0.2) is 0 Å². The molecule has 104 valence electrons. The van der Waals surface area contributed by atoms with Gasteiger partial charge in [0, 0.05) is 33.0 Å². The van der Waals surface area contributed by atoms with Crippen molar-refractivity contribution in [3.05, 3.63) is 30.3 Å². The molecule has 1 atom stereocenters. The van der Waals surface area contributed by atoms with Gasteiger partial charge in [0.05, 0.1) is 0 Å². The van der Waals surface area contributed by atoms with Gasteiger partial charge < -0.3 is 14.4 Å². The van der Waals surface area contributed by atoms with Crippen molar-refractivity contribution in [2.75, 3.05) is 20.2 Å². The minimum atomic E-state index is -0.355. The van der Waals surface area contributed by atoms with Crippen LogP contribution in [0.5, 0.6) is 5.75 Å². The van der Waals surface area contributed by atoms with Crippen molar-refractivity contribution in [3.8, 4) is 5.75 Å². The number of benzene rings is 1. The fourth-order valence-electron chi connectivity index (χ4n) is 2.24. The van der Waals surface area contributed by atoms with Crippen LogP contribution in [0.4, 0.5) is 0 Å². The van der Waals surface area contributed by atoms with Crippen LogP contribution in [-0.4, -0.2) is 43.2 Å². The molecule has 1 aliphatic heterocycles. The summed E-state index contributed by atoms with van der Waals surface area (Å²) in [7, 11) is 1.56. The van der Waals surface area contributed by atoms with Gasteiger partial charge in [-0.1, -0.05) is 18.2 Å².